The highest BCUT2D eigenvalue weighted by Crippen LogP contribution is 2.30. The van der Waals surface area contributed by atoms with E-state index in [9.17, 15) is 4.39 Å². The monoisotopic (exact) mass is 435 g/mol. The Balaban J connectivity index is 2.63. The molecule has 0 aliphatic heterocycles. The summed E-state index contributed by atoms with van der Waals surface area (Å²) < 4.78 is 14.6. The normalized spacial score (nSPS) is 11.1. The standard InChI is InChI=1S/C13H12BrFIN3/c1-6(2)11-10(16)12(17)19-13(18-11)8-4-3-7(15)5-9(8)14/h3-6H,1-2H3,(H2,17,18,19). The van der Waals surface area contributed by atoms with Crippen molar-refractivity contribution in [1.29, 1.82) is 0 Å². The summed E-state index contributed by atoms with van der Waals surface area (Å²) in [7, 11) is 0. The molecule has 100 valence electrons. The maximum Gasteiger partial charge on any atom is 0.162 e. The van der Waals surface area contributed by atoms with Gasteiger partial charge in [-0.15, -0.1) is 0 Å². The number of aromatic nitrogens is 2. The number of hydrogen-bond acceptors (Lipinski definition) is 3. The average molecular weight is 436 g/mol. The highest BCUT2D eigenvalue weighted by atomic mass is 127. The van der Waals surface area contributed by atoms with Crippen molar-refractivity contribution in [3.63, 3.8) is 0 Å². The van der Waals surface area contributed by atoms with Crippen molar-refractivity contribution >= 4 is 44.3 Å². The summed E-state index contributed by atoms with van der Waals surface area (Å²) in [6.07, 6.45) is 0. The van der Waals surface area contributed by atoms with Crippen LogP contribution in [-0.4, -0.2) is 9.97 Å². The Hall–Kier alpha value is -0.760. The van der Waals surface area contributed by atoms with E-state index in [-0.39, 0.29) is 11.7 Å². The van der Waals surface area contributed by atoms with Gasteiger partial charge in [0, 0.05) is 10.0 Å². The number of halogens is 3. The van der Waals surface area contributed by atoms with Crippen LogP contribution in [0.25, 0.3) is 11.4 Å². The van der Waals surface area contributed by atoms with E-state index in [1.54, 1.807) is 6.07 Å². The van der Waals surface area contributed by atoms with Crippen LogP contribution in [0.15, 0.2) is 22.7 Å². The van der Waals surface area contributed by atoms with Gasteiger partial charge in [-0.3, -0.25) is 0 Å². The quantitative estimate of drug-likeness (QED) is 0.713. The third-order valence-corrected chi connectivity index (χ3v) is 4.38. The first-order valence-corrected chi connectivity index (χ1v) is 7.55. The Morgan fingerprint density at radius 2 is 2.00 bits per heavy atom. The molecule has 1 aromatic heterocycles. The summed E-state index contributed by atoms with van der Waals surface area (Å²) in [5, 5.41) is 0. The molecule has 2 N–H and O–H groups in total. The van der Waals surface area contributed by atoms with E-state index in [2.05, 4.69) is 48.5 Å². The molecule has 0 unspecified atom stereocenters. The van der Waals surface area contributed by atoms with Gasteiger partial charge in [-0.1, -0.05) is 13.8 Å². The van der Waals surface area contributed by atoms with Gasteiger partial charge >= 0.3 is 0 Å². The molecule has 6 heteroatoms. The first-order valence-electron chi connectivity index (χ1n) is 5.68. The van der Waals surface area contributed by atoms with Crippen LogP contribution in [0.2, 0.25) is 0 Å². The number of rotatable bonds is 2. The molecule has 0 atom stereocenters. The maximum atomic E-state index is 13.1. The zero-order valence-electron chi connectivity index (χ0n) is 10.4. The number of anilines is 1. The highest BCUT2D eigenvalue weighted by Gasteiger charge is 2.15. The average Bonchev–Trinajstić information content (AvgIpc) is 2.32. The van der Waals surface area contributed by atoms with Gasteiger partial charge in [-0.2, -0.15) is 0 Å². The highest BCUT2D eigenvalue weighted by molar-refractivity contribution is 14.1. The number of benzene rings is 1. The first kappa shape index (κ1) is 14.6. The van der Waals surface area contributed by atoms with Crippen LogP contribution in [0.4, 0.5) is 10.2 Å². The third kappa shape index (κ3) is 3.05. The predicted molar refractivity (Wildman–Crippen MR) is 86.3 cm³/mol. The lowest BCUT2D eigenvalue weighted by Gasteiger charge is -2.12. The minimum Gasteiger partial charge on any atom is -0.383 e. The van der Waals surface area contributed by atoms with Crippen LogP contribution in [0.5, 0.6) is 0 Å². The van der Waals surface area contributed by atoms with Crippen molar-refractivity contribution in [2.75, 3.05) is 5.73 Å². The predicted octanol–water partition coefficient (Wildman–Crippen LogP) is 4.36. The molecule has 0 spiro atoms. The molecule has 1 heterocycles. The fourth-order valence-corrected chi connectivity index (χ4v) is 3.05. The Bertz CT molecular complexity index is 632. The molecule has 0 bridgehead atoms. The lowest BCUT2D eigenvalue weighted by Crippen LogP contribution is -2.06. The van der Waals surface area contributed by atoms with Crippen LogP contribution >= 0.6 is 38.5 Å². The minimum atomic E-state index is -0.307. The van der Waals surface area contributed by atoms with Gasteiger partial charge in [0.2, 0.25) is 0 Å². The van der Waals surface area contributed by atoms with Gasteiger partial charge in [-0.05, 0) is 62.6 Å². The number of nitrogens with zero attached hydrogens (tertiary/aromatic N) is 2. The molecule has 0 fully saturated rings. The first-order chi connectivity index (χ1) is 8.90. The zero-order chi connectivity index (χ0) is 14.2. The molecule has 0 saturated heterocycles. The van der Waals surface area contributed by atoms with E-state index in [0.29, 0.717) is 16.1 Å². The van der Waals surface area contributed by atoms with E-state index in [1.165, 1.54) is 12.1 Å². The second-order valence-electron chi connectivity index (χ2n) is 4.41. The summed E-state index contributed by atoms with van der Waals surface area (Å²) in [6.45, 7) is 4.10. The third-order valence-electron chi connectivity index (χ3n) is 2.62. The zero-order valence-corrected chi connectivity index (χ0v) is 14.2. The van der Waals surface area contributed by atoms with Crippen LogP contribution in [0.3, 0.4) is 0 Å². The van der Waals surface area contributed by atoms with Crippen LogP contribution in [0, 0.1) is 9.39 Å². The van der Waals surface area contributed by atoms with Crippen molar-refractivity contribution in [1.82, 2.24) is 9.97 Å². The summed E-state index contributed by atoms with van der Waals surface area (Å²) in [5.41, 5.74) is 7.56. The molecule has 0 aliphatic rings. The molecule has 19 heavy (non-hydrogen) atoms. The lowest BCUT2D eigenvalue weighted by atomic mass is 10.1. The Morgan fingerprint density at radius 3 is 2.58 bits per heavy atom. The molecule has 0 amide bonds. The van der Waals surface area contributed by atoms with Crippen LogP contribution in [0.1, 0.15) is 25.5 Å². The van der Waals surface area contributed by atoms with Crippen molar-refractivity contribution in [3.8, 4) is 11.4 Å². The van der Waals surface area contributed by atoms with Gasteiger partial charge in [-0.25, -0.2) is 14.4 Å². The fourth-order valence-electron chi connectivity index (χ4n) is 1.66. The van der Waals surface area contributed by atoms with Crippen molar-refractivity contribution < 1.29 is 4.39 Å². The van der Waals surface area contributed by atoms with E-state index in [1.807, 2.05) is 13.8 Å². The molecule has 2 aromatic rings. The molecule has 0 saturated carbocycles. The van der Waals surface area contributed by atoms with Crippen molar-refractivity contribution in [2.45, 2.75) is 19.8 Å². The maximum absolute atomic E-state index is 13.1. The topological polar surface area (TPSA) is 51.8 Å². The Kier molecular flexibility index (Phi) is 4.39. The second kappa shape index (κ2) is 5.70. The smallest absolute Gasteiger partial charge is 0.162 e. The number of nitrogens with two attached hydrogens (primary N) is 1. The SMILES string of the molecule is CC(C)c1nc(-c2ccc(F)cc2Br)nc(N)c1I. The van der Waals surface area contributed by atoms with Gasteiger partial charge in [0.15, 0.2) is 5.82 Å². The van der Waals surface area contributed by atoms with Crippen molar-refractivity contribution in [3.05, 3.63) is 37.8 Å². The van der Waals surface area contributed by atoms with Crippen LogP contribution in [-0.2, 0) is 0 Å². The van der Waals surface area contributed by atoms with E-state index < -0.39 is 0 Å². The molecule has 0 aliphatic carbocycles. The molecular weight excluding hydrogens is 424 g/mol. The Labute approximate surface area is 133 Å². The van der Waals surface area contributed by atoms with E-state index in [0.717, 1.165) is 14.8 Å². The summed E-state index contributed by atoms with van der Waals surface area (Å²) in [6, 6.07) is 4.42. The van der Waals surface area contributed by atoms with Crippen LogP contribution < -0.4 is 5.73 Å². The second-order valence-corrected chi connectivity index (χ2v) is 6.34. The number of nitrogen functional groups attached to an aromatic ring is 1. The molecule has 0 radical (unpaired) electrons. The molecule has 1 aromatic carbocycles. The number of hydrogen-bond donors (Lipinski definition) is 1. The fraction of sp³-hybridized carbons (Fsp3) is 0.231. The van der Waals surface area contributed by atoms with E-state index >= 15 is 0 Å². The molecular formula is C13H12BrFIN3. The molecule has 2 rings (SSSR count). The van der Waals surface area contributed by atoms with Gasteiger partial charge in [0.1, 0.15) is 11.6 Å². The van der Waals surface area contributed by atoms with Gasteiger partial charge < -0.3 is 5.73 Å². The molecule has 3 nitrogen and oxygen atoms in total. The van der Waals surface area contributed by atoms with Gasteiger partial charge in [0.25, 0.3) is 0 Å². The van der Waals surface area contributed by atoms with E-state index in [4.69, 9.17) is 5.73 Å². The summed E-state index contributed by atoms with van der Waals surface area (Å²) in [4.78, 5) is 8.83. The lowest BCUT2D eigenvalue weighted by molar-refractivity contribution is 0.627. The summed E-state index contributed by atoms with van der Waals surface area (Å²) >= 11 is 5.47. The minimum absolute atomic E-state index is 0.246. The largest absolute Gasteiger partial charge is 0.383 e. The summed E-state index contributed by atoms with van der Waals surface area (Å²) in [5.74, 6) is 0.896. The van der Waals surface area contributed by atoms with Crippen molar-refractivity contribution in [2.24, 2.45) is 0 Å². The van der Waals surface area contributed by atoms with Gasteiger partial charge in [0.05, 0.1) is 9.26 Å². The Morgan fingerprint density at radius 1 is 1.32 bits per heavy atom.